The molecule has 2 N–H and O–H groups in total. The zero-order chi connectivity index (χ0) is 35.7. The summed E-state index contributed by atoms with van der Waals surface area (Å²) in [6.45, 7) is 18.5. The number of allylic oxidation sites excluding steroid dienone is 2. The third kappa shape index (κ3) is 11.9. The van der Waals surface area contributed by atoms with Gasteiger partial charge in [-0.1, -0.05) is 121 Å². The van der Waals surface area contributed by atoms with Gasteiger partial charge in [-0.2, -0.15) is 14.0 Å². The molecule has 0 fully saturated rings. The van der Waals surface area contributed by atoms with Crippen LogP contribution in [-0.4, -0.2) is 35.9 Å². The van der Waals surface area contributed by atoms with Crippen molar-refractivity contribution in [3.05, 3.63) is 200 Å². The van der Waals surface area contributed by atoms with E-state index in [-0.39, 0.29) is 0 Å². The van der Waals surface area contributed by atoms with Crippen LogP contribution in [0.25, 0.3) is 5.57 Å². The summed E-state index contributed by atoms with van der Waals surface area (Å²) < 4.78 is 32.7. The van der Waals surface area contributed by atoms with Crippen molar-refractivity contribution in [2.45, 2.75) is 5.60 Å². The Kier molecular flexibility index (Phi) is 15.0. The maximum atomic E-state index is 12.3. The monoisotopic (exact) mass is 678 g/mol. The summed E-state index contributed by atoms with van der Waals surface area (Å²) in [7, 11) is -4.69. The first kappa shape index (κ1) is 38.5. The lowest BCUT2D eigenvalue weighted by atomic mass is 9.85. The van der Waals surface area contributed by atoms with Gasteiger partial charge in [0.1, 0.15) is 5.60 Å². The van der Waals surface area contributed by atoms with Gasteiger partial charge in [-0.25, -0.2) is 0 Å². The van der Waals surface area contributed by atoms with Crippen molar-refractivity contribution in [2.24, 2.45) is 0 Å². The average molecular weight is 679 g/mol. The van der Waals surface area contributed by atoms with Crippen molar-refractivity contribution in [1.82, 2.24) is 0 Å². The van der Waals surface area contributed by atoms with Gasteiger partial charge in [0.25, 0.3) is 0 Å². The Hall–Kier alpha value is -4.99. The highest BCUT2D eigenvalue weighted by Gasteiger charge is 2.28. The zero-order valence-corrected chi connectivity index (χ0v) is 28.2. The molecule has 0 saturated carbocycles. The first-order chi connectivity index (χ1) is 23.5. The molecule has 0 amide bonds. The molecule has 1 unspecified atom stereocenters. The number of rotatable bonds is 16. The number of benzene rings is 4. The van der Waals surface area contributed by atoms with Crippen LogP contribution in [0.4, 0.5) is 11.4 Å². The van der Waals surface area contributed by atoms with Gasteiger partial charge in [0.15, 0.2) is 0 Å². The Morgan fingerprint density at radius 1 is 0.592 bits per heavy atom. The van der Waals surface area contributed by atoms with E-state index >= 15 is 0 Å². The molecule has 0 bridgehead atoms. The Bertz CT molecular complexity index is 1660. The summed E-state index contributed by atoms with van der Waals surface area (Å²) in [6, 6.07) is 36.7. The molecule has 4 aromatic carbocycles. The van der Waals surface area contributed by atoms with E-state index in [0.717, 1.165) is 52.3 Å². The highest BCUT2D eigenvalue weighted by atomic mass is 35.7. The molecule has 4 rings (SSSR count). The average Bonchev–Trinajstić information content (AvgIpc) is 3.10. The fourth-order valence-corrected chi connectivity index (χ4v) is 5.28. The van der Waals surface area contributed by atoms with Crippen LogP contribution in [0, 0.1) is 10.2 Å². The number of hydrogen-bond acceptors (Lipinski definition) is 7. The quantitative estimate of drug-likeness (QED) is 0.129. The maximum absolute atomic E-state index is 12.3. The Labute approximate surface area is 292 Å². The molecule has 0 aliphatic rings. The molecule has 8 heteroatoms. The molecule has 0 radical (unpaired) electrons. The minimum Gasteiger partial charge on any atom is -0.377 e. The lowest BCUT2D eigenvalue weighted by Gasteiger charge is -2.27. The number of nitrogens with zero attached hydrogens (tertiary/aromatic N) is 2. The lowest BCUT2D eigenvalue weighted by Crippen LogP contribution is -2.58. The van der Waals surface area contributed by atoms with Gasteiger partial charge < -0.3 is 14.9 Å². The van der Waals surface area contributed by atoms with Crippen LogP contribution in [0.2, 0.25) is 0 Å². The van der Waals surface area contributed by atoms with E-state index in [1.807, 2.05) is 109 Å². The zero-order valence-electron chi connectivity index (χ0n) is 27.5. The van der Waals surface area contributed by atoms with E-state index in [1.165, 1.54) is 0 Å². The van der Waals surface area contributed by atoms with E-state index in [4.69, 9.17) is 18.6 Å². The molecule has 7 nitrogen and oxygen atoms in total. The first-order valence-electron chi connectivity index (χ1n) is 15.5. The van der Waals surface area contributed by atoms with Crippen LogP contribution in [0.15, 0.2) is 178 Å². The van der Waals surface area contributed by atoms with E-state index in [1.54, 1.807) is 0 Å². The molecule has 0 saturated heterocycles. The van der Waals surface area contributed by atoms with Crippen molar-refractivity contribution in [1.29, 1.82) is 0 Å². The van der Waals surface area contributed by atoms with Crippen LogP contribution in [0.3, 0.4) is 0 Å². The van der Waals surface area contributed by atoms with Crippen LogP contribution in [0.5, 0.6) is 0 Å². The van der Waals surface area contributed by atoms with Crippen molar-refractivity contribution in [2.75, 3.05) is 36.0 Å². The normalized spacial score (nSPS) is 12.6. The molecule has 4 aromatic rings. The van der Waals surface area contributed by atoms with Crippen molar-refractivity contribution in [3.8, 4) is 0 Å². The summed E-state index contributed by atoms with van der Waals surface area (Å²) >= 11 is 0. The topological polar surface area (TPSA) is 116 Å². The third-order valence-corrected chi connectivity index (χ3v) is 7.51. The molecular formula is C41H43ClN2O5. The minimum absolute atomic E-state index is 0.711. The highest BCUT2D eigenvalue weighted by Crippen LogP contribution is 2.33. The van der Waals surface area contributed by atoms with E-state index < -0.39 is 15.8 Å². The van der Waals surface area contributed by atoms with Crippen LogP contribution in [-0.2, 0) is 5.60 Å². The largest absolute Gasteiger partial charge is 0.377 e. The molecular weight excluding hydrogens is 636 g/mol. The van der Waals surface area contributed by atoms with E-state index in [0.29, 0.717) is 13.1 Å². The van der Waals surface area contributed by atoms with Gasteiger partial charge in [0.05, 0.1) is 14.9 Å². The van der Waals surface area contributed by atoms with Gasteiger partial charge in [-0.3, -0.25) is 0 Å². The van der Waals surface area contributed by atoms with Gasteiger partial charge in [0, 0.05) is 37.6 Å². The second-order valence-corrected chi connectivity index (χ2v) is 11.7. The van der Waals surface area contributed by atoms with Gasteiger partial charge in [-0.15, -0.1) is 26.3 Å². The molecule has 0 spiro atoms. The molecule has 0 aliphatic carbocycles. The summed E-state index contributed by atoms with van der Waals surface area (Å²) in [5, 5.41) is 12.3. The van der Waals surface area contributed by atoms with Gasteiger partial charge in [0.2, 0.25) is 0 Å². The number of anilines is 2. The summed E-state index contributed by atoms with van der Waals surface area (Å²) in [4.78, 5) is 4.39. The summed E-state index contributed by atoms with van der Waals surface area (Å²) in [5.41, 5.74) is 5.63. The summed E-state index contributed by atoms with van der Waals surface area (Å²) in [6.07, 6.45) is 13.5. The number of halogens is 1. The molecule has 254 valence electrons. The Morgan fingerprint density at radius 3 is 1.39 bits per heavy atom. The van der Waals surface area contributed by atoms with Crippen LogP contribution in [0.1, 0.15) is 22.3 Å². The number of hydrogen-bond donors (Lipinski definition) is 2. The second-order valence-electron chi connectivity index (χ2n) is 10.9. The van der Waals surface area contributed by atoms with E-state index in [2.05, 4.69) is 78.6 Å². The Morgan fingerprint density at radius 2 is 0.959 bits per heavy atom. The van der Waals surface area contributed by atoms with E-state index in [9.17, 15) is 5.11 Å². The third-order valence-electron chi connectivity index (χ3n) is 7.51. The molecule has 0 heterocycles. The van der Waals surface area contributed by atoms with Crippen LogP contribution >= 0.6 is 0 Å². The second kappa shape index (κ2) is 19.1. The smallest absolute Gasteiger partial charge is 0.133 e. The molecule has 49 heavy (non-hydrogen) atoms. The predicted molar refractivity (Wildman–Crippen MR) is 192 cm³/mol. The molecule has 0 aliphatic heterocycles. The first-order valence-corrected chi connectivity index (χ1v) is 16.8. The standard InChI is InChI=1S/C41H42N2O.ClHO4/c1-5-30-42(31-6-2)38-25-21-35(22-26-38)40(34-16-11-9-12-17-34)20-15-29-41(44,36-18-13-10-14-19-36)37-23-27-39(28-24-37)43(32-7-3)33-8-4;2-1(3,4)5/h5-29,44H,1-4,30-33H2;(H,2,3,4,5). The van der Waals surface area contributed by atoms with Crippen molar-refractivity contribution >= 4 is 16.9 Å². The van der Waals surface area contributed by atoms with Gasteiger partial charge >= 0.3 is 0 Å². The highest BCUT2D eigenvalue weighted by molar-refractivity contribution is 5.81. The fraction of sp³-hybridized carbons (Fsp3) is 0.122. The fourth-order valence-electron chi connectivity index (χ4n) is 5.28. The minimum atomic E-state index is -4.69. The Balaban J connectivity index is 0.00000121. The maximum Gasteiger partial charge on any atom is 0.133 e. The van der Waals surface area contributed by atoms with Crippen molar-refractivity contribution in [3.63, 3.8) is 0 Å². The molecule has 1 atom stereocenters. The van der Waals surface area contributed by atoms with Gasteiger partial charge in [-0.05, 0) is 58.2 Å². The van der Waals surface area contributed by atoms with Crippen LogP contribution < -0.4 is 23.8 Å². The molecule has 0 aromatic heterocycles. The summed E-state index contributed by atoms with van der Waals surface area (Å²) in [5.74, 6) is 0. The predicted octanol–water partition coefficient (Wildman–Crippen LogP) is 4.84. The lowest BCUT2D eigenvalue weighted by molar-refractivity contribution is -1.92. The van der Waals surface area contributed by atoms with Crippen molar-refractivity contribution < 1.29 is 34.0 Å². The SMILES string of the molecule is C=CCN(CC=C)c1ccc(C(=CC=CC(O)(c2ccccc2)c2ccc(N(CC=C)CC=C)cc2)c2ccccc2)cc1.[O-][Cl+3]([O-])([O-])O. The number of aliphatic hydroxyl groups is 1.